The molecule has 0 atom stereocenters. The maximum atomic E-state index is 12.7. The van der Waals surface area contributed by atoms with Gasteiger partial charge in [0.05, 0.1) is 7.11 Å². The van der Waals surface area contributed by atoms with Gasteiger partial charge in [0, 0.05) is 11.1 Å². The largest absolute Gasteiger partial charge is 0.497 e. The van der Waals surface area contributed by atoms with Crippen LogP contribution in [0.4, 0.5) is 0 Å². The number of aryl methyl sites for hydroxylation is 1. The van der Waals surface area contributed by atoms with Crippen molar-refractivity contribution < 1.29 is 14.3 Å². The summed E-state index contributed by atoms with van der Waals surface area (Å²) < 4.78 is 10.4. The molecule has 2 aromatic rings. The summed E-state index contributed by atoms with van der Waals surface area (Å²) in [6, 6.07) is 14.9. The third-order valence-corrected chi connectivity index (χ3v) is 4.04. The molecule has 4 heteroatoms. The van der Waals surface area contributed by atoms with Gasteiger partial charge in [-0.05, 0) is 60.4 Å². The van der Waals surface area contributed by atoms with Gasteiger partial charge in [-0.25, -0.2) is 0 Å². The van der Waals surface area contributed by atoms with Crippen LogP contribution in [0.3, 0.4) is 0 Å². The number of methoxy groups -OCH3 is 1. The van der Waals surface area contributed by atoms with Crippen molar-refractivity contribution in [1.82, 2.24) is 0 Å². The van der Waals surface area contributed by atoms with Gasteiger partial charge in [-0.15, -0.1) is 0 Å². The van der Waals surface area contributed by atoms with Crippen molar-refractivity contribution in [2.45, 2.75) is 12.8 Å². The molecule has 0 unspecified atom stereocenters. The van der Waals surface area contributed by atoms with E-state index in [4.69, 9.17) is 14.7 Å². The summed E-state index contributed by atoms with van der Waals surface area (Å²) >= 11 is 0. The molecule has 0 amide bonds. The summed E-state index contributed by atoms with van der Waals surface area (Å²) in [5, 5.41) is 8.51. The predicted molar refractivity (Wildman–Crippen MR) is 91.2 cm³/mol. The standard InChI is InChI=1S/C20H17NO3/c1-23-18-8-9-19-15(13-18)4-5-16(20(19)22)12-14-2-6-17(7-3-14)24-11-10-21/h2-3,6-9,12-13H,4-5,11H2,1H3/b16-12-. The average molecular weight is 319 g/mol. The minimum Gasteiger partial charge on any atom is -0.497 e. The van der Waals surface area contributed by atoms with Crippen LogP contribution in [0.15, 0.2) is 48.0 Å². The van der Waals surface area contributed by atoms with Gasteiger partial charge in [0.2, 0.25) is 0 Å². The lowest BCUT2D eigenvalue weighted by Gasteiger charge is -2.18. The quantitative estimate of drug-likeness (QED) is 0.804. The molecule has 0 heterocycles. The lowest BCUT2D eigenvalue weighted by atomic mass is 9.86. The molecule has 0 aromatic heterocycles. The van der Waals surface area contributed by atoms with Crippen molar-refractivity contribution in [2.75, 3.05) is 13.7 Å². The molecule has 4 nitrogen and oxygen atoms in total. The van der Waals surface area contributed by atoms with Crippen molar-refractivity contribution >= 4 is 11.9 Å². The first-order valence-corrected chi connectivity index (χ1v) is 7.73. The number of benzene rings is 2. The number of fused-ring (bicyclic) bond motifs is 1. The third kappa shape index (κ3) is 3.31. The Morgan fingerprint density at radius 3 is 2.58 bits per heavy atom. The van der Waals surface area contributed by atoms with E-state index in [0.29, 0.717) is 12.2 Å². The fourth-order valence-electron chi connectivity index (χ4n) is 2.80. The molecule has 1 aliphatic carbocycles. The van der Waals surface area contributed by atoms with Crippen LogP contribution in [0, 0.1) is 11.3 Å². The maximum absolute atomic E-state index is 12.7. The molecule has 0 saturated carbocycles. The van der Waals surface area contributed by atoms with Crippen LogP contribution < -0.4 is 9.47 Å². The van der Waals surface area contributed by atoms with Crippen LogP contribution >= 0.6 is 0 Å². The lowest BCUT2D eigenvalue weighted by molar-refractivity contribution is 0.102. The Morgan fingerprint density at radius 1 is 1.12 bits per heavy atom. The Kier molecular flexibility index (Phi) is 4.62. The van der Waals surface area contributed by atoms with Crippen LogP contribution in [-0.4, -0.2) is 19.5 Å². The van der Waals surface area contributed by atoms with Gasteiger partial charge >= 0.3 is 0 Å². The van der Waals surface area contributed by atoms with E-state index in [2.05, 4.69) is 0 Å². The Morgan fingerprint density at radius 2 is 1.88 bits per heavy atom. The second kappa shape index (κ2) is 7.01. The highest BCUT2D eigenvalue weighted by Crippen LogP contribution is 2.29. The molecule has 24 heavy (non-hydrogen) atoms. The summed E-state index contributed by atoms with van der Waals surface area (Å²) in [6.07, 6.45) is 3.46. The van der Waals surface area contributed by atoms with Crippen molar-refractivity contribution in [3.8, 4) is 17.6 Å². The summed E-state index contributed by atoms with van der Waals surface area (Å²) in [5.74, 6) is 1.50. The minimum absolute atomic E-state index is 0.0270. The molecule has 2 aromatic carbocycles. The first-order valence-electron chi connectivity index (χ1n) is 7.73. The molecule has 3 rings (SSSR count). The zero-order chi connectivity index (χ0) is 16.9. The molecule has 120 valence electrons. The summed E-state index contributed by atoms with van der Waals surface area (Å²) in [7, 11) is 1.63. The molecule has 0 spiro atoms. The van der Waals surface area contributed by atoms with Crippen molar-refractivity contribution in [2.24, 2.45) is 0 Å². The SMILES string of the molecule is COc1ccc2c(c1)CC/C(=C/c1ccc(OCC#N)cc1)C2=O. The molecule has 1 aliphatic rings. The third-order valence-electron chi connectivity index (χ3n) is 4.04. The Labute approximate surface area is 140 Å². The maximum Gasteiger partial charge on any atom is 0.189 e. The van der Waals surface area contributed by atoms with E-state index < -0.39 is 0 Å². The predicted octanol–water partition coefficient (Wildman–Crippen LogP) is 3.81. The first kappa shape index (κ1) is 15.8. The molecule has 0 aliphatic heterocycles. The molecule has 0 saturated heterocycles. The number of ketones is 1. The molecule has 0 fully saturated rings. The average Bonchev–Trinajstić information content (AvgIpc) is 2.63. The lowest BCUT2D eigenvalue weighted by Crippen LogP contribution is -2.14. The van der Waals surface area contributed by atoms with E-state index >= 15 is 0 Å². The number of rotatable bonds is 4. The van der Waals surface area contributed by atoms with Gasteiger partial charge in [-0.2, -0.15) is 5.26 Å². The normalized spacial score (nSPS) is 14.8. The fourth-order valence-corrected chi connectivity index (χ4v) is 2.80. The number of hydrogen-bond acceptors (Lipinski definition) is 4. The first-order chi connectivity index (χ1) is 11.7. The van der Waals surface area contributed by atoms with Gasteiger partial charge in [0.1, 0.15) is 17.6 Å². The number of nitriles is 1. The summed E-state index contributed by atoms with van der Waals surface area (Å²) in [4.78, 5) is 12.7. The number of ether oxygens (including phenoxy) is 2. The monoisotopic (exact) mass is 319 g/mol. The second-order valence-corrected chi connectivity index (χ2v) is 5.54. The Bertz CT molecular complexity index is 829. The highest BCUT2D eigenvalue weighted by Gasteiger charge is 2.22. The van der Waals surface area contributed by atoms with Crippen LogP contribution in [0.25, 0.3) is 6.08 Å². The van der Waals surface area contributed by atoms with Crippen molar-refractivity contribution in [3.05, 3.63) is 64.7 Å². The molecular formula is C20H17NO3. The van der Waals surface area contributed by atoms with E-state index in [1.165, 1.54) is 0 Å². The van der Waals surface area contributed by atoms with E-state index in [9.17, 15) is 4.79 Å². The number of hydrogen-bond donors (Lipinski definition) is 0. The van der Waals surface area contributed by atoms with Crippen LogP contribution in [0.5, 0.6) is 11.5 Å². The number of allylic oxidation sites excluding steroid dienone is 1. The summed E-state index contributed by atoms with van der Waals surface area (Å²) in [5.41, 5.74) is 3.54. The van der Waals surface area contributed by atoms with Crippen molar-refractivity contribution in [3.63, 3.8) is 0 Å². The van der Waals surface area contributed by atoms with Crippen LogP contribution in [0.2, 0.25) is 0 Å². The van der Waals surface area contributed by atoms with Gasteiger partial charge in [-0.3, -0.25) is 4.79 Å². The summed E-state index contributed by atoms with van der Waals surface area (Å²) in [6.45, 7) is 0.0270. The number of carbonyl (C=O) groups is 1. The van der Waals surface area contributed by atoms with Gasteiger partial charge in [-0.1, -0.05) is 12.1 Å². The van der Waals surface area contributed by atoms with E-state index in [1.54, 1.807) is 19.2 Å². The number of carbonyl (C=O) groups excluding carboxylic acids is 1. The minimum atomic E-state index is 0.0270. The van der Waals surface area contributed by atoms with Gasteiger partial charge < -0.3 is 9.47 Å². The smallest absolute Gasteiger partial charge is 0.189 e. The van der Waals surface area contributed by atoms with Gasteiger partial charge in [0.15, 0.2) is 12.4 Å². The van der Waals surface area contributed by atoms with Crippen LogP contribution in [-0.2, 0) is 6.42 Å². The van der Waals surface area contributed by atoms with E-state index in [0.717, 1.165) is 34.4 Å². The van der Waals surface area contributed by atoms with Gasteiger partial charge in [0.25, 0.3) is 0 Å². The number of nitrogens with zero attached hydrogens (tertiary/aromatic N) is 1. The fraction of sp³-hybridized carbons (Fsp3) is 0.200. The highest BCUT2D eigenvalue weighted by molar-refractivity contribution is 6.13. The number of Topliss-reactive ketones (excluding diaryl/α,β-unsaturated/α-hetero) is 1. The highest BCUT2D eigenvalue weighted by atomic mass is 16.5. The molecule has 0 bridgehead atoms. The zero-order valence-electron chi connectivity index (χ0n) is 13.4. The Balaban J connectivity index is 1.81. The second-order valence-electron chi connectivity index (χ2n) is 5.54. The topological polar surface area (TPSA) is 59.3 Å². The Hall–Kier alpha value is -3.06. The van der Waals surface area contributed by atoms with Crippen LogP contribution in [0.1, 0.15) is 27.9 Å². The molecule has 0 radical (unpaired) electrons. The zero-order valence-corrected chi connectivity index (χ0v) is 13.4. The molecular weight excluding hydrogens is 302 g/mol. The van der Waals surface area contributed by atoms with E-state index in [-0.39, 0.29) is 12.4 Å². The van der Waals surface area contributed by atoms with E-state index in [1.807, 2.05) is 42.5 Å². The molecule has 0 N–H and O–H groups in total. The van der Waals surface area contributed by atoms with Crippen molar-refractivity contribution in [1.29, 1.82) is 5.26 Å².